The Morgan fingerprint density at radius 1 is 1.88 bits per heavy atom. The zero-order valence-electron chi connectivity index (χ0n) is 4.89. The van der Waals surface area contributed by atoms with E-state index in [9.17, 15) is 0 Å². The van der Waals surface area contributed by atoms with Crippen LogP contribution in [0.1, 0.15) is 0 Å². The van der Waals surface area contributed by atoms with E-state index in [0.29, 0.717) is 0 Å². The highest BCUT2D eigenvalue weighted by Crippen LogP contribution is 2.01. The lowest BCUT2D eigenvalue weighted by atomic mass is 10.5. The normalized spacial score (nSPS) is 8.88. The molecule has 0 rings (SSSR count). The highest BCUT2D eigenvalue weighted by atomic mass is 127. The summed E-state index contributed by atoms with van der Waals surface area (Å²) in [5.41, 5.74) is 1.13. The van der Waals surface area contributed by atoms with Gasteiger partial charge in [0.2, 0.25) is 0 Å². The van der Waals surface area contributed by atoms with Crippen LogP contribution in [-0.4, -0.2) is 22.3 Å². The largest absolute Gasteiger partial charge is 0.369 e. The molecule has 0 aromatic carbocycles. The average Bonchev–Trinajstić information content (AvgIpc) is 1.84. The molecule has 0 saturated carbocycles. The fourth-order valence-electron chi connectivity index (χ4n) is 0.202. The molecule has 0 aliphatic heterocycles. The third-order valence-electron chi connectivity index (χ3n) is 0.906. The van der Waals surface area contributed by atoms with Crippen molar-refractivity contribution in [2.75, 3.05) is 17.4 Å². The number of nitrogens with zero attached hydrogens (tertiary/aromatic N) is 1. The molecule has 48 valence electrons. The molecular formula is C5H10INS. The van der Waals surface area contributed by atoms with Crippen molar-refractivity contribution in [3.63, 3.8) is 0 Å². The van der Waals surface area contributed by atoms with Gasteiger partial charge in [-0.15, -0.1) is 0 Å². The van der Waals surface area contributed by atoms with Crippen molar-refractivity contribution in [1.29, 1.82) is 0 Å². The van der Waals surface area contributed by atoms with Crippen LogP contribution in [0.3, 0.4) is 0 Å². The molecule has 0 radical (unpaired) electrons. The van der Waals surface area contributed by atoms with E-state index in [4.69, 9.17) is 0 Å². The summed E-state index contributed by atoms with van der Waals surface area (Å²) in [5, 5.41) is 0. The van der Waals surface area contributed by atoms with Crippen molar-refractivity contribution in [3.8, 4) is 0 Å². The summed E-state index contributed by atoms with van der Waals surface area (Å²) in [4.78, 5) is 2.01. The predicted octanol–water partition coefficient (Wildman–Crippen LogP) is 1.75. The number of hydrogen-bond acceptors (Lipinski definition) is 2. The molecule has 0 aliphatic rings. The number of hydrogen-bond donors (Lipinski definition) is 1. The Labute approximate surface area is 69.7 Å². The highest BCUT2D eigenvalue weighted by molar-refractivity contribution is 14.1. The van der Waals surface area contributed by atoms with Crippen molar-refractivity contribution in [1.82, 2.24) is 4.90 Å². The molecule has 0 atom stereocenters. The van der Waals surface area contributed by atoms with E-state index >= 15 is 0 Å². The van der Waals surface area contributed by atoms with Crippen LogP contribution in [0.15, 0.2) is 12.3 Å². The van der Waals surface area contributed by atoms with E-state index in [1.54, 1.807) is 0 Å². The van der Waals surface area contributed by atoms with Gasteiger partial charge < -0.3 is 4.90 Å². The molecule has 0 amide bonds. The molecule has 3 heteroatoms. The number of halogens is 1. The summed E-state index contributed by atoms with van der Waals surface area (Å²) in [6.45, 7) is 3.81. The van der Waals surface area contributed by atoms with Crippen LogP contribution in [0, 0.1) is 0 Å². The molecule has 0 aromatic heterocycles. The second-order valence-electron chi connectivity index (χ2n) is 1.54. The fraction of sp³-hybridized carbons (Fsp3) is 0.600. The van der Waals surface area contributed by atoms with E-state index in [1.165, 1.54) is 0 Å². The summed E-state index contributed by atoms with van der Waals surface area (Å²) in [5.74, 6) is 0.752. The van der Waals surface area contributed by atoms with E-state index in [1.807, 2.05) is 11.9 Å². The van der Waals surface area contributed by atoms with Crippen molar-refractivity contribution < 1.29 is 0 Å². The minimum absolute atomic E-state index is 0.752. The quantitative estimate of drug-likeness (QED) is 0.342. The van der Waals surface area contributed by atoms with E-state index in [2.05, 4.69) is 41.8 Å². The third-order valence-corrected chi connectivity index (χ3v) is 2.21. The molecule has 0 aliphatic carbocycles. The van der Waals surface area contributed by atoms with E-state index in [-0.39, 0.29) is 0 Å². The average molecular weight is 243 g/mol. The molecule has 0 aromatic rings. The molecular weight excluding hydrogens is 233 g/mol. The third kappa shape index (κ3) is 2.81. The summed E-state index contributed by atoms with van der Waals surface area (Å²) in [6, 6.07) is 0. The minimum atomic E-state index is 0.752. The molecule has 0 heterocycles. The lowest BCUT2D eigenvalue weighted by molar-refractivity contribution is 0.503. The van der Waals surface area contributed by atoms with Gasteiger partial charge >= 0.3 is 0 Å². The van der Waals surface area contributed by atoms with Gasteiger partial charge in [0.25, 0.3) is 0 Å². The maximum atomic E-state index is 4.07. The Bertz CT molecular complexity index is 84.5. The molecule has 0 unspecified atom stereocenters. The van der Waals surface area contributed by atoms with Crippen molar-refractivity contribution in [2.24, 2.45) is 0 Å². The zero-order chi connectivity index (χ0) is 6.57. The van der Waals surface area contributed by atoms with Crippen molar-refractivity contribution >= 4 is 35.2 Å². The standard InChI is InChI=1S/C5H10INS/c1-5(3-6)7(2)4-8/h8H,1,3-4H2,2H3. The van der Waals surface area contributed by atoms with Crippen LogP contribution in [-0.2, 0) is 0 Å². The molecule has 0 fully saturated rings. The fourth-order valence-corrected chi connectivity index (χ4v) is 0.984. The summed E-state index contributed by atoms with van der Waals surface area (Å²) in [6.07, 6.45) is 0. The van der Waals surface area contributed by atoms with Gasteiger partial charge in [-0.3, -0.25) is 0 Å². The molecule has 1 nitrogen and oxygen atoms in total. The van der Waals surface area contributed by atoms with Crippen LogP contribution in [0.25, 0.3) is 0 Å². The van der Waals surface area contributed by atoms with Gasteiger partial charge in [0, 0.05) is 17.2 Å². The van der Waals surface area contributed by atoms with Gasteiger partial charge in [-0.25, -0.2) is 0 Å². The maximum Gasteiger partial charge on any atom is 0.0604 e. The summed E-state index contributed by atoms with van der Waals surface area (Å²) in [7, 11) is 1.98. The monoisotopic (exact) mass is 243 g/mol. The van der Waals surface area contributed by atoms with Gasteiger partial charge in [-0.1, -0.05) is 29.2 Å². The van der Waals surface area contributed by atoms with Crippen LogP contribution in [0.4, 0.5) is 0 Å². The van der Waals surface area contributed by atoms with Gasteiger partial charge in [0.05, 0.1) is 5.88 Å². The van der Waals surface area contributed by atoms with E-state index < -0.39 is 0 Å². The molecule has 0 spiro atoms. The van der Waals surface area contributed by atoms with Crippen LogP contribution in [0.5, 0.6) is 0 Å². The second kappa shape index (κ2) is 4.49. The summed E-state index contributed by atoms with van der Waals surface area (Å²) < 4.78 is 0.981. The van der Waals surface area contributed by atoms with Crippen molar-refractivity contribution in [2.45, 2.75) is 0 Å². The molecule has 0 bridgehead atoms. The van der Waals surface area contributed by atoms with Crippen LogP contribution < -0.4 is 0 Å². The zero-order valence-corrected chi connectivity index (χ0v) is 7.95. The Balaban J connectivity index is 3.46. The predicted molar refractivity (Wildman–Crippen MR) is 49.6 cm³/mol. The first-order valence-electron chi connectivity index (χ1n) is 2.28. The first kappa shape index (κ1) is 8.62. The Kier molecular flexibility index (Phi) is 4.84. The van der Waals surface area contributed by atoms with Gasteiger partial charge in [-0.05, 0) is 0 Å². The molecule has 0 saturated heterocycles. The van der Waals surface area contributed by atoms with Gasteiger partial charge in [0.1, 0.15) is 0 Å². The lowest BCUT2D eigenvalue weighted by Gasteiger charge is -2.15. The Morgan fingerprint density at radius 2 is 2.38 bits per heavy atom. The smallest absolute Gasteiger partial charge is 0.0604 e. The Morgan fingerprint density at radius 3 is 2.50 bits per heavy atom. The number of rotatable bonds is 3. The van der Waals surface area contributed by atoms with Crippen molar-refractivity contribution in [3.05, 3.63) is 12.3 Å². The lowest BCUT2D eigenvalue weighted by Crippen LogP contribution is -2.15. The highest BCUT2D eigenvalue weighted by Gasteiger charge is 1.93. The van der Waals surface area contributed by atoms with E-state index in [0.717, 1.165) is 16.0 Å². The molecule has 0 N–H and O–H groups in total. The topological polar surface area (TPSA) is 3.24 Å². The second-order valence-corrected chi connectivity index (χ2v) is 2.58. The SMILES string of the molecule is C=C(CI)N(C)CS. The number of thiol groups is 1. The number of alkyl halides is 1. The van der Waals surface area contributed by atoms with Gasteiger partial charge in [0.15, 0.2) is 0 Å². The maximum absolute atomic E-state index is 4.07. The number of allylic oxidation sites excluding steroid dienone is 1. The van der Waals surface area contributed by atoms with Gasteiger partial charge in [-0.2, -0.15) is 12.6 Å². The summed E-state index contributed by atoms with van der Waals surface area (Å²) >= 11 is 6.35. The first-order valence-corrected chi connectivity index (χ1v) is 4.44. The molecule has 8 heavy (non-hydrogen) atoms. The van der Waals surface area contributed by atoms with Crippen LogP contribution in [0.2, 0.25) is 0 Å². The first-order chi connectivity index (χ1) is 3.72. The Hall–Kier alpha value is 0.620. The van der Waals surface area contributed by atoms with Crippen LogP contribution >= 0.6 is 35.2 Å². The minimum Gasteiger partial charge on any atom is -0.369 e.